The molecule has 0 fully saturated rings. The van der Waals surface area contributed by atoms with Crippen LogP contribution in [0.2, 0.25) is 0 Å². The SMILES string of the molecule is COC(=O)c1c(Br)cncc1C(F)F. The topological polar surface area (TPSA) is 39.2 Å². The molecule has 6 heteroatoms. The van der Waals surface area contributed by atoms with Crippen molar-refractivity contribution < 1.29 is 18.3 Å². The minimum absolute atomic E-state index is 0.183. The Morgan fingerprint density at radius 3 is 2.71 bits per heavy atom. The summed E-state index contributed by atoms with van der Waals surface area (Å²) in [5.41, 5.74) is -0.622. The number of hydrogen-bond acceptors (Lipinski definition) is 3. The van der Waals surface area contributed by atoms with E-state index in [0.29, 0.717) is 0 Å². The van der Waals surface area contributed by atoms with Gasteiger partial charge in [0.15, 0.2) is 0 Å². The number of rotatable bonds is 2. The Hall–Kier alpha value is -1.04. The molecule has 0 saturated carbocycles. The number of halogens is 3. The first-order valence-corrected chi connectivity index (χ1v) is 4.37. The molecule has 3 nitrogen and oxygen atoms in total. The molecular formula is C8H6BrF2NO2. The number of aromatic nitrogens is 1. The minimum atomic E-state index is -2.76. The standard InChI is InChI=1S/C8H6BrF2NO2/c1-14-8(13)6-4(7(10)11)2-12-3-5(6)9/h2-3,7H,1H3. The molecule has 1 heterocycles. The lowest BCUT2D eigenvalue weighted by atomic mass is 10.1. The molecule has 0 aliphatic carbocycles. The summed E-state index contributed by atoms with van der Waals surface area (Å²) in [7, 11) is 1.13. The summed E-state index contributed by atoms with van der Waals surface area (Å²) in [5.74, 6) is -0.811. The number of ether oxygens (including phenoxy) is 1. The number of methoxy groups -OCH3 is 1. The quantitative estimate of drug-likeness (QED) is 0.772. The Kier molecular flexibility index (Phi) is 3.51. The molecule has 0 N–H and O–H groups in total. The van der Waals surface area contributed by atoms with E-state index in [2.05, 4.69) is 25.7 Å². The minimum Gasteiger partial charge on any atom is -0.465 e. The van der Waals surface area contributed by atoms with Gasteiger partial charge in [-0.15, -0.1) is 0 Å². The Labute approximate surface area is 87.2 Å². The Balaban J connectivity index is 3.29. The van der Waals surface area contributed by atoms with E-state index < -0.39 is 18.0 Å². The molecule has 0 bridgehead atoms. The van der Waals surface area contributed by atoms with Crippen molar-refractivity contribution in [2.45, 2.75) is 6.43 Å². The molecule has 0 unspecified atom stereocenters. The number of hydrogen-bond donors (Lipinski definition) is 0. The van der Waals surface area contributed by atoms with Gasteiger partial charge in [0.2, 0.25) is 0 Å². The van der Waals surface area contributed by atoms with Crippen molar-refractivity contribution >= 4 is 21.9 Å². The van der Waals surface area contributed by atoms with Gasteiger partial charge >= 0.3 is 5.97 Å². The van der Waals surface area contributed by atoms with Gasteiger partial charge in [0, 0.05) is 12.4 Å². The van der Waals surface area contributed by atoms with Crippen molar-refractivity contribution in [3.8, 4) is 0 Å². The lowest BCUT2D eigenvalue weighted by Crippen LogP contribution is -2.07. The molecular weight excluding hydrogens is 260 g/mol. The van der Waals surface area contributed by atoms with E-state index in [0.717, 1.165) is 13.3 Å². The van der Waals surface area contributed by atoms with Crippen molar-refractivity contribution in [1.82, 2.24) is 4.98 Å². The van der Waals surface area contributed by atoms with Crippen LogP contribution in [-0.2, 0) is 4.74 Å². The number of alkyl halides is 2. The van der Waals surface area contributed by atoms with Crippen LogP contribution in [0.3, 0.4) is 0 Å². The molecule has 0 radical (unpaired) electrons. The van der Waals surface area contributed by atoms with Crippen LogP contribution in [0.15, 0.2) is 16.9 Å². The van der Waals surface area contributed by atoms with Gasteiger partial charge in [-0.25, -0.2) is 13.6 Å². The summed E-state index contributed by atoms with van der Waals surface area (Å²) in [6.07, 6.45) is -0.547. The van der Waals surface area contributed by atoms with E-state index in [1.54, 1.807) is 0 Å². The van der Waals surface area contributed by atoms with E-state index in [9.17, 15) is 13.6 Å². The average Bonchev–Trinajstić information content (AvgIpc) is 2.16. The summed E-state index contributed by atoms with van der Waals surface area (Å²) in [5, 5.41) is 0. The number of esters is 1. The molecule has 1 aromatic heterocycles. The second-order valence-electron chi connectivity index (χ2n) is 2.38. The van der Waals surface area contributed by atoms with Crippen LogP contribution in [-0.4, -0.2) is 18.1 Å². The zero-order valence-corrected chi connectivity index (χ0v) is 8.72. The van der Waals surface area contributed by atoms with Crippen molar-refractivity contribution in [3.05, 3.63) is 28.0 Å². The molecule has 0 aromatic carbocycles. The average molecular weight is 266 g/mol. The molecule has 14 heavy (non-hydrogen) atoms. The largest absolute Gasteiger partial charge is 0.465 e. The maximum atomic E-state index is 12.4. The summed E-state index contributed by atoms with van der Waals surface area (Å²) in [6.45, 7) is 0. The maximum Gasteiger partial charge on any atom is 0.339 e. The lowest BCUT2D eigenvalue weighted by molar-refractivity contribution is 0.0588. The molecule has 0 spiro atoms. The fourth-order valence-corrected chi connectivity index (χ4v) is 1.44. The van der Waals surface area contributed by atoms with Crippen LogP contribution in [0.5, 0.6) is 0 Å². The molecule has 1 aromatic rings. The van der Waals surface area contributed by atoms with E-state index >= 15 is 0 Å². The van der Waals surface area contributed by atoms with Crippen LogP contribution < -0.4 is 0 Å². The van der Waals surface area contributed by atoms with Crippen molar-refractivity contribution in [3.63, 3.8) is 0 Å². The third-order valence-electron chi connectivity index (χ3n) is 1.55. The first-order chi connectivity index (χ1) is 6.57. The fraction of sp³-hybridized carbons (Fsp3) is 0.250. The Morgan fingerprint density at radius 2 is 2.21 bits per heavy atom. The predicted octanol–water partition coefficient (Wildman–Crippen LogP) is 2.57. The molecule has 1 rings (SSSR count). The van der Waals surface area contributed by atoms with Crippen molar-refractivity contribution in [2.75, 3.05) is 7.11 Å². The molecule has 0 aliphatic rings. The molecule has 0 amide bonds. The highest BCUT2D eigenvalue weighted by Gasteiger charge is 2.21. The van der Waals surface area contributed by atoms with Crippen molar-refractivity contribution in [1.29, 1.82) is 0 Å². The lowest BCUT2D eigenvalue weighted by Gasteiger charge is -2.07. The number of nitrogens with zero attached hydrogens (tertiary/aromatic N) is 1. The highest BCUT2D eigenvalue weighted by molar-refractivity contribution is 9.10. The molecule has 0 saturated heterocycles. The smallest absolute Gasteiger partial charge is 0.339 e. The number of pyridine rings is 1. The first kappa shape index (κ1) is 11.0. The van der Waals surface area contributed by atoms with Gasteiger partial charge in [-0.1, -0.05) is 0 Å². The van der Waals surface area contributed by atoms with Gasteiger partial charge in [0.25, 0.3) is 6.43 Å². The van der Waals surface area contributed by atoms with E-state index in [-0.39, 0.29) is 10.0 Å². The summed E-state index contributed by atoms with van der Waals surface area (Å²) < 4.78 is 29.4. The Bertz CT molecular complexity index is 357. The third kappa shape index (κ3) is 2.06. The predicted molar refractivity (Wildman–Crippen MR) is 48.2 cm³/mol. The maximum absolute atomic E-state index is 12.4. The van der Waals surface area contributed by atoms with Crippen molar-refractivity contribution in [2.24, 2.45) is 0 Å². The van der Waals surface area contributed by atoms with Crippen LogP contribution >= 0.6 is 15.9 Å². The third-order valence-corrected chi connectivity index (χ3v) is 2.15. The first-order valence-electron chi connectivity index (χ1n) is 3.57. The summed E-state index contributed by atoms with van der Waals surface area (Å²) in [6, 6.07) is 0. The highest BCUT2D eigenvalue weighted by Crippen LogP contribution is 2.27. The number of carbonyl (C=O) groups is 1. The highest BCUT2D eigenvalue weighted by atomic mass is 79.9. The second kappa shape index (κ2) is 4.45. The van der Waals surface area contributed by atoms with E-state index in [1.165, 1.54) is 6.20 Å². The van der Waals surface area contributed by atoms with Gasteiger partial charge in [-0.2, -0.15) is 0 Å². The summed E-state index contributed by atoms with van der Waals surface area (Å²) >= 11 is 2.96. The zero-order chi connectivity index (χ0) is 10.7. The van der Waals surface area contributed by atoms with Crippen LogP contribution in [0.25, 0.3) is 0 Å². The number of carbonyl (C=O) groups excluding carboxylic acids is 1. The summed E-state index contributed by atoms with van der Waals surface area (Å²) in [4.78, 5) is 14.7. The van der Waals surface area contributed by atoms with Gasteiger partial charge in [-0.3, -0.25) is 4.98 Å². The second-order valence-corrected chi connectivity index (χ2v) is 3.23. The van der Waals surface area contributed by atoms with E-state index in [4.69, 9.17) is 0 Å². The monoisotopic (exact) mass is 265 g/mol. The zero-order valence-electron chi connectivity index (χ0n) is 7.13. The van der Waals surface area contributed by atoms with Gasteiger partial charge in [0.05, 0.1) is 22.7 Å². The van der Waals surface area contributed by atoms with Crippen LogP contribution in [0.1, 0.15) is 22.3 Å². The van der Waals surface area contributed by atoms with Crippen LogP contribution in [0.4, 0.5) is 8.78 Å². The normalized spacial score (nSPS) is 10.4. The molecule has 76 valence electrons. The van der Waals surface area contributed by atoms with Gasteiger partial charge < -0.3 is 4.74 Å². The van der Waals surface area contributed by atoms with Gasteiger partial charge in [0.1, 0.15) is 0 Å². The Morgan fingerprint density at radius 1 is 1.57 bits per heavy atom. The molecule has 0 aliphatic heterocycles. The van der Waals surface area contributed by atoms with Crippen LogP contribution in [0, 0.1) is 0 Å². The molecule has 0 atom stereocenters. The fourth-order valence-electron chi connectivity index (χ4n) is 0.933. The van der Waals surface area contributed by atoms with E-state index in [1.807, 2.05) is 0 Å². The van der Waals surface area contributed by atoms with Gasteiger partial charge in [-0.05, 0) is 15.9 Å².